The number of hydrogen-bond acceptors (Lipinski definition) is 9. The number of aryl methyl sites for hydroxylation is 1. The van der Waals surface area contributed by atoms with E-state index < -0.39 is 50.9 Å². The van der Waals surface area contributed by atoms with Gasteiger partial charge < -0.3 is 15.2 Å². The first kappa shape index (κ1) is 30.9. The Morgan fingerprint density at radius 2 is 1.93 bits per heavy atom. The molecule has 2 aromatic heterocycles. The predicted octanol–water partition coefficient (Wildman–Crippen LogP) is 3.62. The quantitative estimate of drug-likeness (QED) is 0.386. The Balaban J connectivity index is 1.60. The minimum absolute atomic E-state index is 0.109. The Labute approximate surface area is 246 Å². The fraction of sp³-hybridized carbons (Fsp3) is 0.517. The number of nitrogens with zero attached hydrogens (tertiary/aromatic N) is 4. The Bertz CT molecular complexity index is 1780. The number of ether oxygens (including phenoxy) is 1. The van der Waals surface area contributed by atoms with Crippen molar-refractivity contribution in [3.63, 3.8) is 0 Å². The van der Waals surface area contributed by atoms with Crippen LogP contribution in [0.2, 0.25) is 0 Å². The largest absolute Gasteiger partial charge is 0.390 e. The van der Waals surface area contributed by atoms with Gasteiger partial charge in [0.1, 0.15) is 18.0 Å². The fourth-order valence-electron chi connectivity index (χ4n) is 6.44. The van der Waals surface area contributed by atoms with E-state index in [1.165, 1.54) is 26.3 Å². The van der Waals surface area contributed by atoms with Crippen LogP contribution >= 0.6 is 0 Å². The van der Waals surface area contributed by atoms with Crippen LogP contribution in [-0.4, -0.2) is 53.5 Å². The van der Waals surface area contributed by atoms with Crippen molar-refractivity contribution in [2.45, 2.75) is 56.6 Å². The number of nitriles is 1. The van der Waals surface area contributed by atoms with Crippen molar-refractivity contribution < 1.29 is 31.4 Å². The van der Waals surface area contributed by atoms with E-state index in [0.717, 1.165) is 10.7 Å². The summed E-state index contributed by atoms with van der Waals surface area (Å²) in [6.07, 6.45) is 1.93. The highest BCUT2D eigenvalue weighted by Gasteiger charge is 2.53. The molecule has 1 aliphatic heterocycles. The lowest BCUT2D eigenvalue weighted by Crippen LogP contribution is -2.53. The zero-order valence-electron chi connectivity index (χ0n) is 24.0. The molecule has 1 saturated carbocycles. The second kappa shape index (κ2) is 10.9. The molecule has 2 fully saturated rings. The molecule has 1 aliphatic carbocycles. The maximum absolute atomic E-state index is 15.3. The number of aliphatic hydroxyl groups excluding tert-OH is 1. The monoisotopic (exact) mass is 619 g/mol. The third kappa shape index (κ3) is 5.38. The van der Waals surface area contributed by atoms with Gasteiger partial charge in [-0.2, -0.15) is 19.1 Å². The lowest BCUT2D eigenvalue weighted by Gasteiger charge is -2.49. The van der Waals surface area contributed by atoms with Crippen molar-refractivity contribution in [1.29, 1.82) is 5.26 Å². The van der Waals surface area contributed by atoms with Crippen LogP contribution in [0.25, 0.3) is 10.8 Å². The van der Waals surface area contributed by atoms with Crippen LogP contribution in [0.4, 0.5) is 19.0 Å². The van der Waals surface area contributed by atoms with Gasteiger partial charge in [0.25, 0.3) is 11.5 Å². The van der Waals surface area contributed by atoms with Crippen LogP contribution in [0.1, 0.15) is 61.2 Å². The highest BCUT2D eigenvalue weighted by molar-refractivity contribution is 7.92. The van der Waals surface area contributed by atoms with Gasteiger partial charge in [0.05, 0.1) is 52.4 Å². The zero-order valence-corrected chi connectivity index (χ0v) is 24.8. The molecule has 0 amide bonds. The van der Waals surface area contributed by atoms with Gasteiger partial charge in [-0.05, 0) is 50.2 Å². The van der Waals surface area contributed by atoms with Crippen molar-refractivity contribution in [3.8, 4) is 6.07 Å². The van der Waals surface area contributed by atoms with Gasteiger partial charge in [0.2, 0.25) is 0 Å². The van der Waals surface area contributed by atoms with E-state index in [4.69, 9.17) is 14.8 Å². The van der Waals surface area contributed by atoms with E-state index in [2.05, 4.69) is 10.4 Å². The van der Waals surface area contributed by atoms with Crippen LogP contribution in [0, 0.1) is 22.6 Å². The van der Waals surface area contributed by atoms with Crippen LogP contribution in [0.5, 0.6) is 0 Å². The van der Waals surface area contributed by atoms with E-state index in [0.29, 0.717) is 36.8 Å². The van der Waals surface area contributed by atoms with Crippen molar-refractivity contribution in [2.24, 2.45) is 12.5 Å². The second-order valence-corrected chi connectivity index (χ2v) is 13.7. The van der Waals surface area contributed by atoms with E-state index in [9.17, 15) is 27.3 Å². The summed E-state index contributed by atoms with van der Waals surface area (Å²) >= 11 is 0. The number of aromatic nitrogens is 3. The summed E-state index contributed by atoms with van der Waals surface area (Å²) < 4.78 is 74.6. The van der Waals surface area contributed by atoms with Gasteiger partial charge >= 0.3 is 0 Å². The number of nitrogens with one attached hydrogen (secondary N) is 1. The van der Waals surface area contributed by atoms with Crippen molar-refractivity contribution in [1.82, 2.24) is 14.8 Å². The van der Waals surface area contributed by atoms with E-state index in [-0.39, 0.29) is 45.8 Å². The number of halogens is 3. The molecule has 0 radical (unpaired) electrons. The minimum atomic E-state index is -3.79. The molecule has 14 heteroatoms. The van der Waals surface area contributed by atoms with Gasteiger partial charge in [-0.15, -0.1) is 0 Å². The standard InChI is InChI=1S/C29H32F3N5O5S/c1-17(18-5-4-6-20(24(18)30)29(31,32)14-38)34-25-19-13-22(35-21(7-12-33)23(19)26(39)37(2)36-25)28(42-3)10-8-27(9-11-28)15-43(40,41)16-27/h4-6,13,17,38H,7-11,14-16H2,1-3H3,(H,34,36)/t17-/m1/s1. The first-order valence-electron chi connectivity index (χ1n) is 13.8. The first-order valence-corrected chi connectivity index (χ1v) is 15.6. The van der Waals surface area contributed by atoms with Crippen molar-refractivity contribution in [3.05, 3.63) is 63.0 Å². The number of rotatable bonds is 8. The highest BCUT2D eigenvalue weighted by atomic mass is 32.2. The Hall–Kier alpha value is -3.54. The third-order valence-electron chi connectivity index (χ3n) is 8.82. The number of fused-ring (bicyclic) bond motifs is 1. The lowest BCUT2D eigenvalue weighted by molar-refractivity contribution is -0.0707. The molecule has 2 aliphatic rings. The normalized spacial score (nSPS) is 19.5. The number of hydrogen-bond donors (Lipinski definition) is 2. The molecule has 1 saturated heterocycles. The summed E-state index contributed by atoms with van der Waals surface area (Å²) in [7, 11) is -0.0866. The van der Waals surface area contributed by atoms with E-state index in [1.807, 2.05) is 6.07 Å². The minimum Gasteiger partial charge on any atom is -0.390 e. The maximum atomic E-state index is 15.3. The number of sulfone groups is 1. The summed E-state index contributed by atoms with van der Waals surface area (Å²) in [5.74, 6) is -4.56. The number of benzene rings is 1. The second-order valence-electron chi connectivity index (χ2n) is 11.7. The molecule has 43 heavy (non-hydrogen) atoms. The molecule has 1 atom stereocenters. The van der Waals surface area contributed by atoms with Gasteiger partial charge in [-0.1, -0.05) is 12.1 Å². The SMILES string of the molecule is COC1(c2cc3c(N[C@H](C)c4cccc(C(F)(F)CO)c4F)nn(C)c(=O)c3c(CC#N)n2)CCC2(CC1)CS(=O)(=O)C2. The van der Waals surface area contributed by atoms with E-state index >= 15 is 4.39 Å². The number of pyridine rings is 1. The molecule has 230 valence electrons. The zero-order chi connectivity index (χ0) is 31.4. The van der Waals surface area contributed by atoms with Crippen LogP contribution in [0.3, 0.4) is 0 Å². The third-order valence-corrected chi connectivity index (χ3v) is 10.9. The molecule has 10 nitrogen and oxygen atoms in total. The molecule has 0 unspecified atom stereocenters. The molecule has 0 bridgehead atoms. The van der Waals surface area contributed by atoms with Crippen LogP contribution in [-0.2, 0) is 39.6 Å². The molecule has 1 aromatic carbocycles. The number of aliphatic hydroxyl groups is 1. The van der Waals surface area contributed by atoms with Crippen LogP contribution < -0.4 is 10.9 Å². The van der Waals surface area contributed by atoms with Crippen LogP contribution in [0.15, 0.2) is 29.1 Å². The van der Waals surface area contributed by atoms with Crippen molar-refractivity contribution in [2.75, 3.05) is 30.5 Å². The Morgan fingerprint density at radius 3 is 2.51 bits per heavy atom. The Morgan fingerprint density at radius 1 is 1.26 bits per heavy atom. The molecule has 3 aromatic rings. The van der Waals surface area contributed by atoms with Gasteiger partial charge in [0, 0.05) is 25.1 Å². The van der Waals surface area contributed by atoms with Crippen molar-refractivity contribution >= 4 is 26.4 Å². The molecule has 5 rings (SSSR count). The summed E-state index contributed by atoms with van der Waals surface area (Å²) in [6.45, 7) is -0.0160. The number of methoxy groups -OCH3 is 1. The predicted molar refractivity (Wildman–Crippen MR) is 152 cm³/mol. The van der Waals surface area contributed by atoms with Gasteiger partial charge in [-0.25, -0.2) is 17.5 Å². The molecular formula is C29H32F3N5O5S. The van der Waals surface area contributed by atoms with Gasteiger partial charge in [-0.3, -0.25) is 9.78 Å². The number of alkyl halides is 2. The average Bonchev–Trinajstić information content (AvgIpc) is 2.95. The molecular weight excluding hydrogens is 587 g/mol. The topological polar surface area (TPSA) is 147 Å². The summed E-state index contributed by atoms with van der Waals surface area (Å²) in [5.41, 5.74) is -2.12. The number of anilines is 1. The molecule has 1 spiro atoms. The highest BCUT2D eigenvalue weighted by Crippen LogP contribution is 2.52. The smallest absolute Gasteiger partial charge is 0.298 e. The Kier molecular flexibility index (Phi) is 7.81. The average molecular weight is 620 g/mol. The summed E-state index contributed by atoms with van der Waals surface area (Å²) in [4.78, 5) is 18.0. The van der Waals surface area contributed by atoms with E-state index in [1.54, 1.807) is 13.0 Å². The summed E-state index contributed by atoms with van der Waals surface area (Å²) in [5, 5.41) is 26.5. The molecule has 3 heterocycles. The molecule has 2 N–H and O–H groups in total. The summed E-state index contributed by atoms with van der Waals surface area (Å²) in [6, 6.07) is 6.28. The van der Waals surface area contributed by atoms with Gasteiger partial charge in [0.15, 0.2) is 15.7 Å². The maximum Gasteiger partial charge on any atom is 0.298 e. The fourth-order valence-corrected chi connectivity index (χ4v) is 8.80. The lowest BCUT2D eigenvalue weighted by atomic mass is 9.69. The first-order chi connectivity index (χ1) is 20.2.